The molecule has 2 heterocycles. The predicted molar refractivity (Wildman–Crippen MR) is 75.1 cm³/mol. The molecule has 1 atom stereocenters. The summed E-state index contributed by atoms with van der Waals surface area (Å²) in [5.74, 6) is 0. The van der Waals surface area contributed by atoms with Gasteiger partial charge in [0.2, 0.25) is 0 Å². The highest BCUT2D eigenvalue weighted by atomic mass is 32.1. The van der Waals surface area contributed by atoms with Crippen LogP contribution in [-0.2, 0) is 7.05 Å². The Balaban J connectivity index is 2.47. The number of hydrogen-bond acceptors (Lipinski definition) is 4. The van der Waals surface area contributed by atoms with E-state index in [1.807, 2.05) is 18.7 Å². The Bertz CT molecular complexity index is 541. The summed E-state index contributed by atoms with van der Waals surface area (Å²) in [5, 5.41) is 11.2. The van der Waals surface area contributed by atoms with E-state index in [0.717, 1.165) is 22.9 Å². The minimum absolute atomic E-state index is 0.155. The zero-order valence-electron chi connectivity index (χ0n) is 11.6. The fraction of sp³-hybridized carbons (Fsp3) is 0.538. The van der Waals surface area contributed by atoms with Crippen LogP contribution in [0.4, 0.5) is 0 Å². The van der Waals surface area contributed by atoms with Crippen LogP contribution in [0.1, 0.15) is 40.6 Å². The summed E-state index contributed by atoms with van der Waals surface area (Å²) < 4.78 is 1.94. The maximum atomic E-state index is 4.62. The molecule has 4 nitrogen and oxygen atoms in total. The highest BCUT2D eigenvalue weighted by Crippen LogP contribution is 2.29. The average Bonchev–Trinajstić information content (AvgIpc) is 2.83. The average molecular weight is 264 g/mol. The Morgan fingerprint density at radius 1 is 1.39 bits per heavy atom. The van der Waals surface area contributed by atoms with E-state index < -0.39 is 0 Å². The molecule has 2 aromatic heterocycles. The minimum atomic E-state index is 0.155. The molecule has 0 bridgehead atoms. The fourth-order valence-corrected chi connectivity index (χ4v) is 3.11. The molecule has 0 fully saturated rings. The number of nitrogens with one attached hydrogen (secondary N) is 1. The zero-order chi connectivity index (χ0) is 13.3. The van der Waals surface area contributed by atoms with Gasteiger partial charge in [-0.2, -0.15) is 5.10 Å². The molecule has 0 amide bonds. The first-order valence-corrected chi connectivity index (χ1v) is 7.08. The number of nitrogens with zero attached hydrogens (tertiary/aromatic N) is 3. The van der Waals surface area contributed by atoms with Crippen LogP contribution in [0.5, 0.6) is 0 Å². The molecule has 0 spiro atoms. The summed E-state index contributed by atoms with van der Waals surface area (Å²) >= 11 is 1.71. The van der Waals surface area contributed by atoms with E-state index >= 15 is 0 Å². The standard InChI is InChI=1S/C13H20N4S/c1-6-14-12(13-15-8(2)7-18-13)11-9(3)16-17(5)10(11)4/h7,12,14H,6H2,1-5H3. The van der Waals surface area contributed by atoms with Crippen LogP contribution >= 0.6 is 11.3 Å². The molecule has 5 heteroatoms. The van der Waals surface area contributed by atoms with Gasteiger partial charge in [-0.25, -0.2) is 4.98 Å². The molecule has 0 saturated carbocycles. The smallest absolute Gasteiger partial charge is 0.115 e. The van der Waals surface area contributed by atoms with Crippen LogP contribution in [-0.4, -0.2) is 21.3 Å². The maximum Gasteiger partial charge on any atom is 0.115 e. The SMILES string of the molecule is CCNC(c1nc(C)cs1)c1c(C)nn(C)c1C. The summed E-state index contributed by atoms with van der Waals surface area (Å²) in [7, 11) is 1.99. The normalized spacial score (nSPS) is 12.9. The van der Waals surface area contributed by atoms with Gasteiger partial charge >= 0.3 is 0 Å². The summed E-state index contributed by atoms with van der Waals surface area (Å²) in [5.41, 5.74) is 4.62. The first-order valence-electron chi connectivity index (χ1n) is 6.20. The minimum Gasteiger partial charge on any atom is -0.304 e. The van der Waals surface area contributed by atoms with Gasteiger partial charge in [-0.15, -0.1) is 11.3 Å². The molecule has 2 aromatic rings. The first kappa shape index (κ1) is 13.2. The first-order chi connectivity index (χ1) is 8.54. The van der Waals surface area contributed by atoms with Crippen molar-refractivity contribution in [2.75, 3.05) is 6.54 Å². The third-order valence-corrected chi connectivity index (χ3v) is 4.17. The van der Waals surface area contributed by atoms with Crippen molar-refractivity contribution in [3.63, 3.8) is 0 Å². The van der Waals surface area contributed by atoms with E-state index in [4.69, 9.17) is 0 Å². The van der Waals surface area contributed by atoms with Crippen LogP contribution < -0.4 is 5.32 Å². The van der Waals surface area contributed by atoms with Crippen molar-refractivity contribution in [2.45, 2.75) is 33.7 Å². The lowest BCUT2D eigenvalue weighted by Gasteiger charge is -2.16. The molecule has 98 valence electrons. The van der Waals surface area contributed by atoms with E-state index in [9.17, 15) is 0 Å². The van der Waals surface area contributed by atoms with E-state index in [0.29, 0.717) is 0 Å². The second-order valence-corrected chi connectivity index (χ2v) is 5.42. The number of thiazole rings is 1. The Morgan fingerprint density at radius 3 is 2.56 bits per heavy atom. The highest BCUT2D eigenvalue weighted by Gasteiger charge is 2.23. The van der Waals surface area contributed by atoms with Gasteiger partial charge in [0.15, 0.2) is 0 Å². The monoisotopic (exact) mass is 264 g/mol. The van der Waals surface area contributed by atoms with Gasteiger partial charge in [0.1, 0.15) is 5.01 Å². The lowest BCUT2D eigenvalue weighted by Crippen LogP contribution is -2.23. The van der Waals surface area contributed by atoms with Crippen molar-refractivity contribution < 1.29 is 0 Å². The van der Waals surface area contributed by atoms with Crippen LogP contribution in [0.3, 0.4) is 0 Å². The zero-order valence-corrected chi connectivity index (χ0v) is 12.4. The Hall–Kier alpha value is -1.20. The van der Waals surface area contributed by atoms with Crippen molar-refractivity contribution in [1.82, 2.24) is 20.1 Å². The summed E-state index contributed by atoms with van der Waals surface area (Å²) in [6, 6.07) is 0.155. The van der Waals surface area contributed by atoms with E-state index in [-0.39, 0.29) is 6.04 Å². The summed E-state index contributed by atoms with van der Waals surface area (Å²) in [6.45, 7) is 9.24. The lowest BCUT2D eigenvalue weighted by molar-refractivity contribution is 0.618. The Labute approximate surface area is 112 Å². The van der Waals surface area contributed by atoms with Gasteiger partial charge in [-0.05, 0) is 27.3 Å². The summed E-state index contributed by atoms with van der Waals surface area (Å²) in [4.78, 5) is 4.62. The lowest BCUT2D eigenvalue weighted by atomic mass is 10.1. The van der Waals surface area contributed by atoms with Gasteiger partial charge in [0.05, 0.1) is 11.7 Å². The van der Waals surface area contributed by atoms with E-state index in [2.05, 4.69) is 41.6 Å². The topological polar surface area (TPSA) is 42.7 Å². The summed E-state index contributed by atoms with van der Waals surface area (Å²) in [6.07, 6.45) is 0. The van der Waals surface area contributed by atoms with E-state index in [1.54, 1.807) is 11.3 Å². The van der Waals surface area contributed by atoms with Crippen LogP contribution in [0.2, 0.25) is 0 Å². The van der Waals surface area contributed by atoms with Crippen molar-refractivity contribution >= 4 is 11.3 Å². The van der Waals surface area contributed by atoms with E-state index in [1.165, 1.54) is 11.3 Å². The van der Waals surface area contributed by atoms with Gasteiger partial charge in [-0.1, -0.05) is 6.92 Å². The van der Waals surface area contributed by atoms with Crippen LogP contribution in [0.25, 0.3) is 0 Å². The third-order valence-electron chi connectivity index (χ3n) is 3.15. The van der Waals surface area contributed by atoms with Crippen LogP contribution in [0.15, 0.2) is 5.38 Å². The molecule has 0 aliphatic carbocycles. The largest absolute Gasteiger partial charge is 0.304 e. The second kappa shape index (κ2) is 5.20. The Kier molecular flexibility index (Phi) is 3.82. The van der Waals surface area contributed by atoms with Gasteiger partial charge in [-0.3, -0.25) is 4.68 Å². The fourth-order valence-electron chi connectivity index (χ4n) is 2.23. The number of aromatic nitrogens is 3. The second-order valence-electron chi connectivity index (χ2n) is 4.53. The number of aryl methyl sites for hydroxylation is 3. The molecule has 1 N–H and O–H groups in total. The highest BCUT2D eigenvalue weighted by molar-refractivity contribution is 7.09. The molecule has 18 heavy (non-hydrogen) atoms. The van der Waals surface area contributed by atoms with Crippen LogP contribution in [0, 0.1) is 20.8 Å². The molecule has 0 saturated heterocycles. The van der Waals surface area contributed by atoms with Gasteiger partial charge < -0.3 is 5.32 Å². The number of hydrogen-bond donors (Lipinski definition) is 1. The Morgan fingerprint density at radius 2 is 2.11 bits per heavy atom. The van der Waals surface area contributed by atoms with Crippen molar-refractivity contribution in [3.05, 3.63) is 33.0 Å². The van der Waals surface area contributed by atoms with Gasteiger partial charge in [0, 0.05) is 29.4 Å². The van der Waals surface area contributed by atoms with Gasteiger partial charge in [0.25, 0.3) is 0 Å². The van der Waals surface area contributed by atoms with Crippen molar-refractivity contribution in [1.29, 1.82) is 0 Å². The number of rotatable bonds is 4. The molecular weight excluding hydrogens is 244 g/mol. The molecule has 0 aromatic carbocycles. The van der Waals surface area contributed by atoms with Crippen molar-refractivity contribution in [3.8, 4) is 0 Å². The molecule has 0 aliphatic heterocycles. The third kappa shape index (κ3) is 2.33. The molecule has 0 radical (unpaired) electrons. The van der Waals surface area contributed by atoms with Crippen molar-refractivity contribution in [2.24, 2.45) is 7.05 Å². The molecular formula is C13H20N4S. The predicted octanol–water partition coefficient (Wildman–Crippen LogP) is 2.50. The maximum absolute atomic E-state index is 4.62. The molecule has 0 aliphatic rings. The molecule has 1 unspecified atom stereocenters. The molecule has 2 rings (SSSR count). The quantitative estimate of drug-likeness (QED) is 0.922.